The number of benzene rings is 2. The second kappa shape index (κ2) is 6.67. The van der Waals surface area contributed by atoms with Gasteiger partial charge in [0.2, 0.25) is 0 Å². The third-order valence-corrected chi connectivity index (χ3v) is 3.67. The Morgan fingerprint density at radius 3 is 1.76 bits per heavy atom. The summed E-state index contributed by atoms with van der Waals surface area (Å²) >= 11 is -1.99. The fourth-order valence-corrected chi connectivity index (χ4v) is 2.66. The first-order valence-corrected chi connectivity index (χ1v) is 8.26. The Morgan fingerprint density at radius 1 is 0.882 bits per heavy atom. The van der Waals surface area contributed by atoms with Crippen LogP contribution in [0.4, 0.5) is 0 Å². The SMILES string of the molecule is [O]=[SnH][O]CC(c1ccccc1)c1ccccc1. The van der Waals surface area contributed by atoms with Crippen LogP contribution in [0.2, 0.25) is 0 Å². The van der Waals surface area contributed by atoms with E-state index in [9.17, 15) is 3.08 Å². The van der Waals surface area contributed by atoms with Crippen LogP contribution in [0.1, 0.15) is 17.0 Å². The van der Waals surface area contributed by atoms with Gasteiger partial charge in [0.1, 0.15) is 0 Å². The topological polar surface area (TPSA) is 26.3 Å². The van der Waals surface area contributed by atoms with E-state index in [0.29, 0.717) is 6.61 Å². The van der Waals surface area contributed by atoms with Crippen LogP contribution in [0.3, 0.4) is 0 Å². The van der Waals surface area contributed by atoms with Crippen molar-refractivity contribution in [3.05, 3.63) is 71.8 Å². The van der Waals surface area contributed by atoms with E-state index in [0.717, 1.165) is 0 Å². The van der Waals surface area contributed by atoms with Crippen molar-refractivity contribution < 1.29 is 6.15 Å². The average Bonchev–Trinajstić information content (AvgIpc) is 2.42. The summed E-state index contributed by atoms with van der Waals surface area (Å²) in [7, 11) is 0. The van der Waals surface area contributed by atoms with Gasteiger partial charge in [-0.2, -0.15) is 0 Å². The summed E-state index contributed by atoms with van der Waals surface area (Å²) in [6, 6.07) is 20.4. The van der Waals surface area contributed by atoms with Crippen LogP contribution in [0.15, 0.2) is 60.7 Å². The molecule has 2 aromatic rings. The summed E-state index contributed by atoms with van der Waals surface area (Å²) in [6.07, 6.45) is 0. The van der Waals surface area contributed by atoms with Crippen molar-refractivity contribution in [1.29, 1.82) is 0 Å². The Bertz CT molecular complexity index is 417. The zero-order chi connectivity index (χ0) is 11.9. The van der Waals surface area contributed by atoms with Gasteiger partial charge in [0.15, 0.2) is 0 Å². The Labute approximate surface area is 112 Å². The second-order valence-electron chi connectivity index (χ2n) is 3.80. The molecule has 0 spiro atoms. The third kappa shape index (κ3) is 3.48. The summed E-state index contributed by atoms with van der Waals surface area (Å²) in [5, 5.41) is 0. The number of hydrogen-bond acceptors (Lipinski definition) is 2. The quantitative estimate of drug-likeness (QED) is 0.786. The van der Waals surface area contributed by atoms with Crippen LogP contribution in [-0.4, -0.2) is 28.1 Å². The molecule has 0 aliphatic heterocycles. The molecule has 2 aromatic carbocycles. The summed E-state index contributed by atoms with van der Waals surface area (Å²) in [4.78, 5) is 0. The minimum absolute atomic E-state index is 0.178. The molecule has 0 aliphatic rings. The zero-order valence-corrected chi connectivity index (χ0v) is 12.7. The molecule has 0 radical (unpaired) electrons. The molecule has 0 fully saturated rings. The first-order chi connectivity index (χ1) is 8.42. The van der Waals surface area contributed by atoms with Crippen molar-refractivity contribution in [2.75, 3.05) is 6.61 Å². The molecule has 0 N–H and O–H groups in total. The van der Waals surface area contributed by atoms with Gasteiger partial charge in [-0.1, -0.05) is 0 Å². The van der Waals surface area contributed by atoms with Crippen LogP contribution in [0.25, 0.3) is 0 Å². The second-order valence-corrected chi connectivity index (χ2v) is 5.30. The van der Waals surface area contributed by atoms with Gasteiger partial charge in [-0.25, -0.2) is 0 Å². The summed E-state index contributed by atoms with van der Waals surface area (Å²) in [5.74, 6) is 0.178. The van der Waals surface area contributed by atoms with Gasteiger partial charge in [-0.05, 0) is 0 Å². The number of hydrogen-bond donors (Lipinski definition) is 0. The molecule has 0 aromatic heterocycles. The first-order valence-electron chi connectivity index (χ1n) is 5.57. The molecule has 0 aliphatic carbocycles. The molecule has 2 nitrogen and oxygen atoms in total. The van der Waals surface area contributed by atoms with Gasteiger partial charge in [0, 0.05) is 0 Å². The maximum absolute atomic E-state index is 10.7. The van der Waals surface area contributed by atoms with Crippen molar-refractivity contribution in [2.45, 2.75) is 5.92 Å². The first kappa shape index (κ1) is 12.5. The summed E-state index contributed by atoms with van der Waals surface area (Å²) in [5.41, 5.74) is 2.41. The molecule has 3 heteroatoms. The fraction of sp³-hybridized carbons (Fsp3) is 0.143. The number of rotatable bonds is 5. The Kier molecular flexibility index (Phi) is 4.88. The van der Waals surface area contributed by atoms with Crippen LogP contribution in [0, 0.1) is 0 Å². The van der Waals surface area contributed by atoms with Gasteiger partial charge in [-0.15, -0.1) is 0 Å². The van der Waals surface area contributed by atoms with E-state index in [2.05, 4.69) is 24.3 Å². The van der Waals surface area contributed by atoms with Crippen molar-refractivity contribution in [1.82, 2.24) is 0 Å². The Balaban J connectivity index is 2.29. The standard InChI is InChI=1S/C14H13O.O.Sn.H/c15-11-14(12-7-3-1-4-8-12)13-9-5-2-6-10-13;;;/h1-10,14H,11H2;;;/q-1;;+1;. The van der Waals surface area contributed by atoms with Gasteiger partial charge in [0.25, 0.3) is 0 Å². The molecule has 0 atom stereocenters. The normalized spacial score (nSPS) is 10.4. The van der Waals surface area contributed by atoms with Gasteiger partial charge < -0.3 is 0 Å². The van der Waals surface area contributed by atoms with Gasteiger partial charge in [-0.3, -0.25) is 0 Å². The molecule has 0 saturated heterocycles. The van der Waals surface area contributed by atoms with Crippen molar-refractivity contribution >= 4 is 21.5 Å². The predicted molar refractivity (Wildman–Crippen MR) is 68.5 cm³/mol. The van der Waals surface area contributed by atoms with Crippen molar-refractivity contribution in [3.8, 4) is 0 Å². The maximum atomic E-state index is 10.7. The molecule has 86 valence electrons. The van der Waals surface area contributed by atoms with Crippen LogP contribution < -0.4 is 0 Å². The van der Waals surface area contributed by atoms with Crippen molar-refractivity contribution in [3.63, 3.8) is 0 Å². The molecule has 0 heterocycles. The molecular weight excluding hydrogens is 319 g/mol. The van der Waals surface area contributed by atoms with E-state index < -0.39 is 21.5 Å². The summed E-state index contributed by atoms with van der Waals surface area (Å²) in [6.45, 7) is 0.513. The van der Waals surface area contributed by atoms with E-state index in [1.165, 1.54) is 11.1 Å². The molecule has 0 unspecified atom stereocenters. The Hall–Kier alpha value is -1.00. The van der Waals surface area contributed by atoms with E-state index in [1.54, 1.807) is 0 Å². The fourth-order valence-electron chi connectivity index (χ4n) is 1.89. The van der Waals surface area contributed by atoms with E-state index in [4.69, 9.17) is 3.07 Å². The predicted octanol–water partition coefficient (Wildman–Crippen LogP) is 2.53. The third-order valence-electron chi connectivity index (χ3n) is 2.73. The molecule has 2 rings (SSSR count). The summed E-state index contributed by atoms with van der Waals surface area (Å²) < 4.78 is 15.9. The van der Waals surface area contributed by atoms with Gasteiger partial charge >= 0.3 is 112 Å². The minimum atomic E-state index is -1.99. The zero-order valence-electron chi connectivity index (χ0n) is 9.45. The van der Waals surface area contributed by atoms with Crippen LogP contribution in [-0.2, 0) is 6.15 Å². The molecule has 0 saturated carbocycles. The molecule has 0 bridgehead atoms. The monoisotopic (exact) mass is 334 g/mol. The molecule has 0 amide bonds. The van der Waals surface area contributed by atoms with E-state index in [-0.39, 0.29) is 5.92 Å². The Morgan fingerprint density at radius 2 is 1.35 bits per heavy atom. The molecule has 17 heavy (non-hydrogen) atoms. The van der Waals surface area contributed by atoms with E-state index in [1.807, 2.05) is 36.4 Å². The van der Waals surface area contributed by atoms with E-state index >= 15 is 0 Å². The molecular formula is C14H14O2Sn. The van der Waals surface area contributed by atoms with Crippen LogP contribution >= 0.6 is 0 Å². The van der Waals surface area contributed by atoms with Crippen LogP contribution in [0.5, 0.6) is 0 Å². The van der Waals surface area contributed by atoms with Crippen molar-refractivity contribution in [2.24, 2.45) is 0 Å². The average molecular weight is 333 g/mol. The van der Waals surface area contributed by atoms with Gasteiger partial charge in [0.05, 0.1) is 0 Å².